The predicted octanol–water partition coefficient (Wildman–Crippen LogP) is 2.32. The number of hydrogen-bond donors (Lipinski definition) is 1. The van der Waals surface area contributed by atoms with E-state index in [0.717, 1.165) is 0 Å². The van der Waals surface area contributed by atoms with E-state index in [1.54, 1.807) is 27.7 Å². The number of halogens is 1. The van der Waals surface area contributed by atoms with Gasteiger partial charge in [-0.15, -0.1) is 0 Å². The number of ether oxygens (including phenoxy) is 1. The van der Waals surface area contributed by atoms with Crippen LogP contribution < -0.4 is 10.1 Å². The molecular weight excluding hydrogens is 261 g/mol. The molecule has 110 valence electrons. The van der Waals surface area contributed by atoms with Crippen molar-refractivity contribution in [2.24, 2.45) is 5.92 Å². The van der Waals surface area contributed by atoms with E-state index in [1.165, 1.54) is 24.3 Å². The maximum absolute atomic E-state index is 12.8. The van der Waals surface area contributed by atoms with Crippen LogP contribution in [0.25, 0.3) is 0 Å². The first kappa shape index (κ1) is 16.1. The van der Waals surface area contributed by atoms with Crippen LogP contribution in [0.1, 0.15) is 27.7 Å². The molecule has 0 saturated heterocycles. The summed E-state index contributed by atoms with van der Waals surface area (Å²) in [5.74, 6) is -0.549. The molecule has 1 aromatic carbocycles. The number of rotatable bonds is 6. The summed E-state index contributed by atoms with van der Waals surface area (Å²) in [5.41, 5.74) is -1.14. The van der Waals surface area contributed by atoms with Crippen LogP contribution in [0.15, 0.2) is 24.3 Å². The number of ketones is 1. The Morgan fingerprint density at radius 1 is 1.25 bits per heavy atom. The van der Waals surface area contributed by atoms with E-state index in [1.807, 2.05) is 0 Å². The Kier molecular flexibility index (Phi) is 5.25. The molecule has 1 N–H and O–H groups in total. The number of Topliss-reactive ketones (excluding diaryl/α,β-unsaturated/α-hetero) is 1. The van der Waals surface area contributed by atoms with Crippen molar-refractivity contribution < 1.29 is 18.7 Å². The zero-order chi connectivity index (χ0) is 15.3. The van der Waals surface area contributed by atoms with E-state index in [0.29, 0.717) is 5.75 Å². The lowest BCUT2D eigenvalue weighted by atomic mass is 10.1. The van der Waals surface area contributed by atoms with Gasteiger partial charge in [0.25, 0.3) is 5.91 Å². The molecule has 0 aromatic heterocycles. The molecule has 0 saturated carbocycles. The van der Waals surface area contributed by atoms with Gasteiger partial charge in [0.15, 0.2) is 11.4 Å². The molecule has 0 heterocycles. The third-order valence-electron chi connectivity index (χ3n) is 2.80. The van der Waals surface area contributed by atoms with Crippen LogP contribution in [0.3, 0.4) is 0 Å². The number of nitrogens with one attached hydrogen (secondary N) is 1. The first-order valence-corrected chi connectivity index (χ1v) is 6.48. The molecule has 0 aliphatic carbocycles. The number of amides is 1. The standard InChI is InChI=1S/C15H20FNO3/c1-10(2)13(18)9-17-14(19)15(3,4)20-12-7-5-11(16)6-8-12/h5-8,10H,9H2,1-4H3,(H,17,19). The lowest BCUT2D eigenvalue weighted by Gasteiger charge is -2.25. The van der Waals surface area contributed by atoms with Crippen LogP contribution in [0.2, 0.25) is 0 Å². The number of carbonyl (C=O) groups excluding carboxylic acids is 2. The number of benzene rings is 1. The van der Waals surface area contributed by atoms with Crippen LogP contribution in [-0.2, 0) is 9.59 Å². The zero-order valence-electron chi connectivity index (χ0n) is 12.2. The fraction of sp³-hybridized carbons (Fsp3) is 0.467. The van der Waals surface area contributed by atoms with Crippen molar-refractivity contribution in [1.29, 1.82) is 0 Å². The molecule has 0 fully saturated rings. The highest BCUT2D eigenvalue weighted by Crippen LogP contribution is 2.18. The van der Waals surface area contributed by atoms with Gasteiger partial charge < -0.3 is 10.1 Å². The van der Waals surface area contributed by atoms with Gasteiger partial charge >= 0.3 is 0 Å². The molecule has 0 bridgehead atoms. The van der Waals surface area contributed by atoms with Gasteiger partial charge in [0, 0.05) is 5.92 Å². The highest BCUT2D eigenvalue weighted by atomic mass is 19.1. The fourth-order valence-electron chi connectivity index (χ4n) is 1.43. The molecule has 0 radical (unpaired) electrons. The molecule has 1 amide bonds. The summed E-state index contributed by atoms with van der Waals surface area (Å²) in [4.78, 5) is 23.5. The minimum atomic E-state index is -1.14. The summed E-state index contributed by atoms with van der Waals surface area (Å²) in [7, 11) is 0. The monoisotopic (exact) mass is 281 g/mol. The fourth-order valence-corrected chi connectivity index (χ4v) is 1.43. The minimum absolute atomic E-state index is 0.0211. The maximum Gasteiger partial charge on any atom is 0.263 e. The zero-order valence-corrected chi connectivity index (χ0v) is 12.2. The molecule has 0 atom stereocenters. The quantitative estimate of drug-likeness (QED) is 0.870. The Balaban J connectivity index is 2.61. The minimum Gasteiger partial charge on any atom is -0.478 e. The van der Waals surface area contributed by atoms with E-state index in [4.69, 9.17) is 4.74 Å². The van der Waals surface area contributed by atoms with Crippen molar-refractivity contribution in [2.75, 3.05) is 6.54 Å². The summed E-state index contributed by atoms with van der Waals surface area (Å²) in [5, 5.41) is 2.55. The van der Waals surface area contributed by atoms with E-state index in [2.05, 4.69) is 5.32 Å². The van der Waals surface area contributed by atoms with Gasteiger partial charge in [-0.2, -0.15) is 0 Å². The van der Waals surface area contributed by atoms with Gasteiger partial charge in [0.05, 0.1) is 6.54 Å². The second kappa shape index (κ2) is 6.50. The predicted molar refractivity (Wildman–Crippen MR) is 74.0 cm³/mol. The molecule has 4 nitrogen and oxygen atoms in total. The second-order valence-corrected chi connectivity index (χ2v) is 5.37. The molecule has 20 heavy (non-hydrogen) atoms. The Morgan fingerprint density at radius 2 is 1.80 bits per heavy atom. The van der Waals surface area contributed by atoms with Crippen molar-refractivity contribution in [2.45, 2.75) is 33.3 Å². The highest BCUT2D eigenvalue weighted by Gasteiger charge is 2.30. The SMILES string of the molecule is CC(C)C(=O)CNC(=O)C(C)(C)Oc1ccc(F)cc1. The third-order valence-corrected chi connectivity index (χ3v) is 2.80. The van der Waals surface area contributed by atoms with E-state index >= 15 is 0 Å². The average molecular weight is 281 g/mol. The Labute approximate surface area is 118 Å². The first-order valence-electron chi connectivity index (χ1n) is 6.48. The van der Waals surface area contributed by atoms with Gasteiger partial charge in [-0.1, -0.05) is 13.8 Å². The number of hydrogen-bond acceptors (Lipinski definition) is 3. The molecule has 0 spiro atoms. The molecule has 0 unspecified atom stereocenters. The van der Waals surface area contributed by atoms with Crippen molar-refractivity contribution in [3.8, 4) is 5.75 Å². The largest absolute Gasteiger partial charge is 0.478 e. The van der Waals surface area contributed by atoms with Gasteiger partial charge in [-0.05, 0) is 38.1 Å². The summed E-state index contributed by atoms with van der Waals surface area (Å²) < 4.78 is 18.3. The van der Waals surface area contributed by atoms with Crippen LogP contribution >= 0.6 is 0 Å². The number of carbonyl (C=O) groups is 2. The summed E-state index contributed by atoms with van der Waals surface area (Å²) in [6.45, 7) is 6.70. The topological polar surface area (TPSA) is 55.4 Å². The van der Waals surface area contributed by atoms with E-state index in [9.17, 15) is 14.0 Å². The van der Waals surface area contributed by atoms with Crippen molar-refractivity contribution >= 4 is 11.7 Å². The van der Waals surface area contributed by atoms with E-state index in [-0.39, 0.29) is 24.1 Å². The summed E-state index contributed by atoms with van der Waals surface area (Å²) >= 11 is 0. The molecular formula is C15H20FNO3. The van der Waals surface area contributed by atoms with Gasteiger partial charge in [-0.25, -0.2) is 4.39 Å². The summed E-state index contributed by atoms with van der Waals surface area (Å²) in [6.07, 6.45) is 0. The maximum atomic E-state index is 12.8. The van der Waals surface area contributed by atoms with Crippen LogP contribution in [-0.4, -0.2) is 23.8 Å². The van der Waals surface area contributed by atoms with Gasteiger partial charge in [0.1, 0.15) is 11.6 Å². The van der Waals surface area contributed by atoms with Crippen LogP contribution in [0, 0.1) is 11.7 Å². The highest BCUT2D eigenvalue weighted by molar-refractivity contribution is 5.90. The average Bonchev–Trinajstić information content (AvgIpc) is 2.37. The molecule has 0 aliphatic heterocycles. The lowest BCUT2D eigenvalue weighted by Crippen LogP contribution is -2.48. The van der Waals surface area contributed by atoms with Crippen LogP contribution in [0.5, 0.6) is 5.75 Å². The Morgan fingerprint density at radius 3 is 2.30 bits per heavy atom. The summed E-state index contributed by atoms with van der Waals surface area (Å²) in [6, 6.07) is 5.41. The van der Waals surface area contributed by atoms with Gasteiger partial charge in [-0.3, -0.25) is 9.59 Å². The van der Waals surface area contributed by atoms with E-state index < -0.39 is 11.5 Å². The molecule has 5 heteroatoms. The van der Waals surface area contributed by atoms with Crippen molar-refractivity contribution in [3.05, 3.63) is 30.1 Å². The van der Waals surface area contributed by atoms with Crippen LogP contribution in [0.4, 0.5) is 4.39 Å². The third kappa shape index (κ3) is 4.64. The van der Waals surface area contributed by atoms with Crippen molar-refractivity contribution in [1.82, 2.24) is 5.32 Å². The first-order chi connectivity index (χ1) is 9.22. The molecule has 1 rings (SSSR count). The molecule has 1 aromatic rings. The smallest absolute Gasteiger partial charge is 0.263 e. The van der Waals surface area contributed by atoms with Gasteiger partial charge in [0.2, 0.25) is 0 Å². The Hall–Kier alpha value is -1.91. The second-order valence-electron chi connectivity index (χ2n) is 5.37. The van der Waals surface area contributed by atoms with Crippen molar-refractivity contribution in [3.63, 3.8) is 0 Å². The normalized spacial score (nSPS) is 11.3. The lowest BCUT2D eigenvalue weighted by molar-refractivity contribution is -0.136. The molecule has 0 aliphatic rings. The Bertz CT molecular complexity index is 480.